The van der Waals surface area contributed by atoms with Crippen molar-refractivity contribution < 1.29 is 28.7 Å². The Morgan fingerprint density at radius 2 is 1.71 bits per heavy atom. The predicted octanol–water partition coefficient (Wildman–Crippen LogP) is 4.64. The summed E-state index contributed by atoms with van der Waals surface area (Å²) in [4.78, 5) is 59.0. The van der Waals surface area contributed by atoms with Gasteiger partial charge >= 0.3 is 6.09 Å². The number of ether oxygens (including phenoxy) is 2. The van der Waals surface area contributed by atoms with Crippen molar-refractivity contribution >= 4 is 35.5 Å². The van der Waals surface area contributed by atoms with Crippen LogP contribution in [-0.4, -0.2) is 70.0 Å². The summed E-state index contributed by atoms with van der Waals surface area (Å²) in [5.41, 5.74) is 2.17. The van der Waals surface area contributed by atoms with Gasteiger partial charge in [0.25, 0.3) is 0 Å². The highest BCUT2D eigenvalue weighted by molar-refractivity contribution is 7.13. The van der Waals surface area contributed by atoms with Crippen LogP contribution in [0.4, 0.5) is 4.79 Å². The number of nitrogens with one attached hydrogen (secondary N) is 2. The van der Waals surface area contributed by atoms with Crippen LogP contribution in [0.3, 0.4) is 0 Å². The number of hydrogen-bond donors (Lipinski definition) is 2. The highest BCUT2D eigenvalue weighted by Gasteiger charge is 2.47. The number of aromatic nitrogens is 1. The zero-order valence-corrected chi connectivity index (χ0v) is 26.9. The number of aryl methyl sites for hydroxylation is 1. The van der Waals surface area contributed by atoms with E-state index in [0.29, 0.717) is 6.29 Å². The summed E-state index contributed by atoms with van der Waals surface area (Å²) in [5, 5.41) is 5.54. The molecule has 0 unspecified atom stereocenters. The summed E-state index contributed by atoms with van der Waals surface area (Å²) in [7, 11) is 0. The first-order valence-corrected chi connectivity index (χ1v) is 15.0. The molecule has 0 aliphatic carbocycles. The van der Waals surface area contributed by atoms with E-state index in [2.05, 4.69) is 15.6 Å². The lowest BCUT2D eigenvalue weighted by Gasteiger charge is -2.35. The molecule has 2 N–H and O–H groups in total. The summed E-state index contributed by atoms with van der Waals surface area (Å²) >= 11 is 1.58. The number of nitrogens with zero attached hydrogens (tertiary/aromatic N) is 2. The Morgan fingerprint density at radius 1 is 1.07 bits per heavy atom. The van der Waals surface area contributed by atoms with Gasteiger partial charge in [-0.15, -0.1) is 11.3 Å². The molecule has 0 spiro atoms. The molecule has 1 aromatic carbocycles. The van der Waals surface area contributed by atoms with Crippen molar-refractivity contribution in [3.05, 3.63) is 41.0 Å². The number of aldehydes is 1. The Bertz CT molecular complexity index is 1280. The molecule has 1 aliphatic rings. The van der Waals surface area contributed by atoms with Crippen LogP contribution in [0.15, 0.2) is 29.8 Å². The zero-order chi connectivity index (χ0) is 31.5. The second kappa shape index (κ2) is 12.9. The average molecular weight is 601 g/mol. The Hall–Kier alpha value is -3.31. The first-order valence-electron chi connectivity index (χ1n) is 14.1. The molecule has 1 aromatic heterocycles. The average Bonchev–Trinajstić information content (AvgIpc) is 3.49. The van der Waals surface area contributed by atoms with E-state index in [9.17, 15) is 19.2 Å². The number of carbonyl (C=O) groups is 4. The molecule has 2 heterocycles. The van der Waals surface area contributed by atoms with Gasteiger partial charge in [-0.05, 0) is 59.6 Å². The van der Waals surface area contributed by atoms with Crippen LogP contribution >= 0.6 is 11.3 Å². The number of rotatable bonds is 9. The van der Waals surface area contributed by atoms with Crippen molar-refractivity contribution in [2.24, 2.45) is 5.41 Å². The normalized spacial score (nSPS) is 18.4. The summed E-state index contributed by atoms with van der Waals surface area (Å²) in [6.45, 7) is 16.3. The second-order valence-electron chi connectivity index (χ2n) is 13.3. The number of carbonyl (C=O) groups excluding carboxylic acids is 4. The van der Waals surface area contributed by atoms with E-state index in [1.54, 1.807) is 46.0 Å². The number of benzene rings is 1. The van der Waals surface area contributed by atoms with Gasteiger partial charge in [0.2, 0.25) is 11.8 Å². The summed E-state index contributed by atoms with van der Waals surface area (Å²) in [6, 6.07) is 5.78. The van der Waals surface area contributed by atoms with Crippen LogP contribution in [-0.2, 0) is 30.4 Å². The van der Waals surface area contributed by atoms with E-state index >= 15 is 0 Å². The molecule has 1 aliphatic heterocycles. The van der Waals surface area contributed by atoms with Gasteiger partial charge in [0, 0.05) is 24.9 Å². The predicted molar refractivity (Wildman–Crippen MR) is 162 cm³/mol. The van der Waals surface area contributed by atoms with Gasteiger partial charge in [-0.25, -0.2) is 9.78 Å². The monoisotopic (exact) mass is 600 g/mol. The van der Waals surface area contributed by atoms with Crippen molar-refractivity contribution in [2.45, 2.75) is 105 Å². The molecule has 1 saturated heterocycles. The van der Waals surface area contributed by atoms with E-state index in [-0.39, 0.29) is 25.4 Å². The molecular formula is C31H44N4O6S. The molecule has 0 bridgehead atoms. The molecule has 0 saturated carbocycles. The third kappa shape index (κ3) is 8.84. The fourth-order valence-corrected chi connectivity index (χ4v) is 5.57. The maximum atomic E-state index is 14.0. The Morgan fingerprint density at radius 3 is 2.24 bits per heavy atom. The number of amides is 3. The lowest BCUT2D eigenvalue weighted by molar-refractivity contribution is -0.144. The Labute approximate surface area is 252 Å². The molecule has 11 heteroatoms. The number of likely N-dealkylation sites (tertiary alicyclic amines) is 1. The first kappa shape index (κ1) is 33.2. The van der Waals surface area contributed by atoms with Crippen LogP contribution in [0.5, 0.6) is 0 Å². The van der Waals surface area contributed by atoms with Gasteiger partial charge in [-0.3, -0.25) is 9.59 Å². The molecular weight excluding hydrogens is 556 g/mol. The fourth-order valence-electron chi connectivity index (χ4n) is 4.76. The smallest absolute Gasteiger partial charge is 0.408 e. The van der Waals surface area contributed by atoms with Crippen LogP contribution in [0.2, 0.25) is 0 Å². The number of alkyl carbamates (subject to hydrolysis) is 1. The lowest BCUT2D eigenvalue weighted by Crippen LogP contribution is -2.59. The van der Waals surface area contributed by atoms with Crippen molar-refractivity contribution in [3.63, 3.8) is 0 Å². The minimum atomic E-state index is -1.27. The third-order valence-electron chi connectivity index (χ3n) is 6.75. The Kier molecular flexibility index (Phi) is 10.2. The SMILES string of the molecule is Cc1ncsc1-c1ccc(CNC(=O)[C@@H]2C[C@@H](OC(C)(C)C)CN2C(=O)[C@@H](NC(=O)OC(C)(C)C)C(C)(C)C=O)cc1. The van der Waals surface area contributed by atoms with Crippen LogP contribution in [0.1, 0.15) is 73.1 Å². The van der Waals surface area contributed by atoms with E-state index in [4.69, 9.17) is 9.47 Å². The molecule has 0 radical (unpaired) electrons. The van der Waals surface area contributed by atoms with Gasteiger partial charge in [0.1, 0.15) is 24.0 Å². The van der Waals surface area contributed by atoms with Crippen LogP contribution in [0, 0.1) is 12.3 Å². The highest BCUT2D eigenvalue weighted by atomic mass is 32.1. The van der Waals surface area contributed by atoms with Gasteiger partial charge < -0.3 is 29.8 Å². The van der Waals surface area contributed by atoms with Crippen LogP contribution in [0.25, 0.3) is 10.4 Å². The van der Waals surface area contributed by atoms with Crippen LogP contribution < -0.4 is 10.6 Å². The maximum absolute atomic E-state index is 14.0. The van der Waals surface area contributed by atoms with Gasteiger partial charge in [0.15, 0.2) is 0 Å². The topological polar surface area (TPSA) is 127 Å². The summed E-state index contributed by atoms with van der Waals surface area (Å²) in [5.74, 6) is -0.895. The molecule has 1 fully saturated rings. The quantitative estimate of drug-likeness (QED) is 0.402. The van der Waals surface area contributed by atoms with E-state index in [1.165, 1.54) is 4.90 Å². The molecule has 3 atom stereocenters. The molecule has 3 amide bonds. The fraction of sp³-hybridized carbons (Fsp3) is 0.581. The van der Waals surface area contributed by atoms with E-state index < -0.39 is 46.8 Å². The standard InChI is InChI=1S/C31H44N4O6S/c1-19-24(42-18-33-19)21-12-10-20(11-13-21)15-32-26(37)23-14-22(40-29(2,3)4)16-35(23)27(38)25(31(8,9)17-36)34-28(39)41-30(5,6)7/h10-13,17-18,22-23,25H,14-16H2,1-9H3,(H,32,37)(H,34,39)/t22-,23+,25-/m1/s1. The molecule has 42 heavy (non-hydrogen) atoms. The molecule has 230 valence electrons. The first-order chi connectivity index (χ1) is 19.4. The highest BCUT2D eigenvalue weighted by Crippen LogP contribution is 2.30. The third-order valence-corrected chi connectivity index (χ3v) is 7.73. The molecule has 3 rings (SSSR count). The second-order valence-corrected chi connectivity index (χ2v) is 14.1. The lowest BCUT2D eigenvalue weighted by atomic mass is 9.85. The van der Waals surface area contributed by atoms with Gasteiger partial charge in [-0.2, -0.15) is 0 Å². The Balaban J connectivity index is 1.80. The van der Waals surface area contributed by atoms with Crippen molar-refractivity contribution in [1.29, 1.82) is 0 Å². The maximum Gasteiger partial charge on any atom is 0.408 e. The summed E-state index contributed by atoms with van der Waals surface area (Å²) < 4.78 is 11.5. The van der Waals surface area contributed by atoms with Crippen molar-refractivity contribution in [1.82, 2.24) is 20.5 Å². The van der Waals surface area contributed by atoms with E-state index in [0.717, 1.165) is 21.7 Å². The zero-order valence-electron chi connectivity index (χ0n) is 26.1. The number of hydrogen-bond acceptors (Lipinski definition) is 8. The van der Waals surface area contributed by atoms with E-state index in [1.807, 2.05) is 57.5 Å². The molecule has 10 nitrogen and oxygen atoms in total. The summed E-state index contributed by atoms with van der Waals surface area (Å²) in [6.07, 6.45) is -0.332. The van der Waals surface area contributed by atoms with Crippen molar-refractivity contribution in [3.8, 4) is 10.4 Å². The largest absolute Gasteiger partial charge is 0.444 e. The molecule has 2 aromatic rings. The van der Waals surface area contributed by atoms with Crippen molar-refractivity contribution in [2.75, 3.05) is 6.54 Å². The van der Waals surface area contributed by atoms with Gasteiger partial charge in [-0.1, -0.05) is 38.1 Å². The minimum absolute atomic E-state index is 0.137. The number of thiazole rings is 1. The minimum Gasteiger partial charge on any atom is -0.444 e. The van der Waals surface area contributed by atoms with Gasteiger partial charge in [0.05, 0.1) is 27.8 Å².